The van der Waals surface area contributed by atoms with Crippen LogP contribution in [-0.2, 0) is 20.7 Å². The Morgan fingerprint density at radius 3 is 2.54 bits per heavy atom. The van der Waals surface area contributed by atoms with Gasteiger partial charge < -0.3 is 39.6 Å². The molecule has 6 heterocycles. The number of nitrogens with zero attached hydrogens (tertiary/aromatic N) is 5. The van der Waals surface area contributed by atoms with E-state index in [1.54, 1.807) is 13.0 Å². The molecule has 0 radical (unpaired) electrons. The molecule has 14 heteroatoms. The average molecular weight is 864 g/mol. The van der Waals surface area contributed by atoms with Crippen molar-refractivity contribution >= 4 is 29.4 Å². The van der Waals surface area contributed by atoms with Gasteiger partial charge in [-0.05, 0) is 100 Å². The number of likely N-dealkylation sites (N-methyl/N-ethyl adjacent to an activating group) is 1. The minimum atomic E-state index is -1.50. The van der Waals surface area contributed by atoms with Crippen molar-refractivity contribution in [2.75, 3.05) is 64.8 Å². The number of amides is 1. The summed E-state index contributed by atoms with van der Waals surface area (Å²) in [6.07, 6.45) is 14.9. The van der Waals surface area contributed by atoms with E-state index < -0.39 is 34.4 Å². The summed E-state index contributed by atoms with van der Waals surface area (Å²) in [5.74, 6) is 1.40. The smallest absolute Gasteiger partial charge is 0.246 e. The summed E-state index contributed by atoms with van der Waals surface area (Å²) in [6, 6.07) is -0.486. The van der Waals surface area contributed by atoms with Crippen molar-refractivity contribution in [3.05, 3.63) is 69.6 Å². The van der Waals surface area contributed by atoms with E-state index in [-0.39, 0.29) is 37.2 Å². The van der Waals surface area contributed by atoms with E-state index in [1.165, 1.54) is 11.9 Å². The minimum absolute atomic E-state index is 0.0671. The van der Waals surface area contributed by atoms with Gasteiger partial charge in [0.25, 0.3) is 0 Å². The van der Waals surface area contributed by atoms with Crippen molar-refractivity contribution < 1.29 is 33.6 Å². The molecule has 338 valence electrons. The molecule has 3 saturated carbocycles. The van der Waals surface area contributed by atoms with Crippen molar-refractivity contribution in [2.24, 2.45) is 11.8 Å². The van der Waals surface area contributed by atoms with E-state index in [0.717, 1.165) is 79.1 Å². The fraction of sp³-hybridized carbons (Fsp3) is 0.592. The highest BCUT2D eigenvalue weighted by molar-refractivity contribution is 6.03. The van der Waals surface area contributed by atoms with Gasteiger partial charge in [0, 0.05) is 74.2 Å². The molecule has 1 aromatic carbocycles. The summed E-state index contributed by atoms with van der Waals surface area (Å²) >= 11 is 0. The lowest BCUT2D eigenvalue weighted by Crippen LogP contribution is -2.75. The van der Waals surface area contributed by atoms with E-state index in [4.69, 9.17) is 29.0 Å². The zero-order chi connectivity index (χ0) is 44.6. The normalized spacial score (nSPS) is 29.7. The molecule has 5 fully saturated rings. The Hall–Kier alpha value is -4.76. The molecule has 2 aromatic rings. The standard InChI is InChI=1S/C49H65N7O7/c1-29(2)11-10-16-47(8)17-15-33-40(61-47)32(13-12-30(3)4)42-36(41(33)60-26-24-55-22-20-54(9)21-23-55)38-37-39(56-45(53-38)51-28-52-56)34-27-35-46(6,7)63-48(43(34)58,49(35,37)62-42)18-14-31(5)44(59)50-19-25-57/h11-12,14-15,17,28,34-35,39,57H,10,13,16,18-27H2,1-9H3,(H,50,59)(H,51,52,53)/b31-14-. The van der Waals surface area contributed by atoms with E-state index in [0.29, 0.717) is 48.2 Å². The topological polar surface area (TPSA) is 153 Å². The van der Waals surface area contributed by atoms with Crippen LogP contribution in [0.3, 0.4) is 0 Å². The van der Waals surface area contributed by atoms with Gasteiger partial charge in [-0.2, -0.15) is 10.1 Å². The molecule has 8 aliphatic rings. The van der Waals surface area contributed by atoms with Gasteiger partial charge in [-0.15, -0.1) is 0 Å². The first-order chi connectivity index (χ1) is 30.0. The predicted molar refractivity (Wildman–Crippen MR) is 242 cm³/mol. The first kappa shape index (κ1) is 43.5. The van der Waals surface area contributed by atoms with Crippen LogP contribution in [0, 0.1) is 11.8 Å². The second-order valence-electron chi connectivity index (χ2n) is 19.9. The number of hydrogen-bond donors (Lipinski definition) is 3. The highest BCUT2D eigenvalue weighted by Gasteiger charge is 2.84. The van der Waals surface area contributed by atoms with Crippen LogP contribution in [0.1, 0.15) is 104 Å². The Morgan fingerprint density at radius 2 is 1.81 bits per heavy atom. The SMILES string of the molecule is CC(C)=CCCC1(C)C=Cc2c(c(CC=C(C)C)c3c(c2OCCN2CCN(C)CC2)C2=C4C(C5CC6C(C)(C)OC(C/C=C(/C)C(=O)NCCO)(C5=O)C46O3)n3ncnc3N2)O1. The molecule has 4 bridgehead atoms. The van der Waals surface area contributed by atoms with Crippen LogP contribution in [0.25, 0.3) is 11.8 Å². The zero-order valence-corrected chi connectivity index (χ0v) is 38.5. The van der Waals surface area contributed by atoms with Crippen molar-refractivity contribution in [3.63, 3.8) is 0 Å². The van der Waals surface area contributed by atoms with Crippen LogP contribution >= 0.6 is 0 Å². The molecule has 6 atom stereocenters. The number of nitrogens with one attached hydrogen (secondary N) is 2. The number of benzene rings is 1. The minimum Gasteiger partial charge on any atom is -0.491 e. The molecule has 10 rings (SSSR count). The van der Waals surface area contributed by atoms with Crippen LogP contribution in [0.15, 0.2) is 52.9 Å². The summed E-state index contributed by atoms with van der Waals surface area (Å²) in [5, 5.41) is 20.7. The number of piperazine rings is 1. The van der Waals surface area contributed by atoms with Gasteiger partial charge >= 0.3 is 0 Å². The second-order valence-corrected chi connectivity index (χ2v) is 19.9. The fourth-order valence-electron chi connectivity index (χ4n) is 11.4. The summed E-state index contributed by atoms with van der Waals surface area (Å²) in [7, 11) is 2.16. The molecule has 6 unspecified atom stereocenters. The molecule has 5 aliphatic heterocycles. The predicted octanol–water partition coefficient (Wildman–Crippen LogP) is 6.04. The maximum absolute atomic E-state index is 15.6. The first-order valence-corrected chi connectivity index (χ1v) is 22.9. The van der Waals surface area contributed by atoms with Crippen molar-refractivity contribution in [1.29, 1.82) is 0 Å². The highest BCUT2D eigenvalue weighted by atomic mass is 16.6. The van der Waals surface area contributed by atoms with Crippen LogP contribution in [0.5, 0.6) is 17.2 Å². The molecule has 14 nitrogen and oxygen atoms in total. The zero-order valence-electron chi connectivity index (χ0n) is 38.5. The number of aliphatic hydroxyl groups is 1. The molecule has 1 aromatic heterocycles. The van der Waals surface area contributed by atoms with E-state index in [9.17, 15) is 9.90 Å². The van der Waals surface area contributed by atoms with Crippen molar-refractivity contribution in [2.45, 2.75) is 116 Å². The number of aromatic nitrogens is 3. The van der Waals surface area contributed by atoms with Crippen molar-refractivity contribution in [3.8, 4) is 17.2 Å². The Balaban J connectivity index is 1.28. The number of carbonyl (C=O) groups excluding carboxylic acids is 2. The van der Waals surface area contributed by atoms with E-state index in [1.807, 2.05) is 4.68 Å². The third kappa shape index (κ3) is 6.98. The van der Waals surface area contributed by atoms with Crippen LogP contribution in [0.2, 0.25) is 0 Å². The molecule has 3 aliphatic carbocycles. The Labute approximate surface area is 371 Å². The summed E-state index contributed by atoms with van der Waals surface area (Å²) in [4.78, 5) is 38.3. The first-order valence-electron chi connectivity index (χ1n) is 22.9. The lowest BCUT2D eigenvalue weighted by atomic mass is 9.47. The number of ether oxygens (including phenoxy) is 4. The number of allylic oxidation sites excluding steroid dienone is 4. The second kappa shape index (κ2) is 16.0. The summed E-state index contributed by atoms with van der Waals surface area (Å²) < 4.78 is 31.5. The largest absolute Gasteiger partial charge is 0.491 e. The highest BCUT2D eigenvalue weighted by Crippen LogP contribution is 2.74. The summed E-state index contributed by atoms with van der Waals surface area (Å²) in [5.41, 5.74) is 2.84. The van der Waals surface area contributed by atoms with Gasteiger partial charge in [-0.25, -0.2) is 4.68 Å². The van der Waals surface area contributed by atoms with Gasteiger partial charge in [0.05, 0.1) is 35.1 Å². The average Bonchev–Trinajstić information content (AvgIpc) is 3.77. The Kier molecular flexibility index (Phi) is 11.1. The third-order valence-electron chi connectivity index (χ3n) is 14.6. The quantitative estimate of drug-likeness (QED) is 0.150. The van der Waals surface area contributed by atoms with Gasteiger partial charge in [-0.1, -0.05) is 29.4 Å². The van der Waals surface area contributed by atoms with Crippen LogP contribution in [0.4, 0.5) is 5.95 Å². The number of hydrogen-bond acceptors (Lipinski definition) is 12. The maximum Gasteiger partial charge on any atom is 0.246 e. The Morgan fingerprint density at radius 1 is 1.05 bits per heavy atom. The molecular formula is C49H65N7O7. The monoisotopic (exact) mass is 863 g/mol. The number of aliphatic hydroxyl groups excluding tert-OH is 1. The Bertz CT molecular complexity index is 2360. The maximum atomic E-state index is 15.6. The molecular weight excluding hydrogens is 799 g/mol. The lowest BCUT2D eigenvalue weighted by Gasteiger charge is -2.62. The molecule has 1 spiro atoms. The molecule has 3 N–H and O–H groups in total. The van der Waals surface area contributed by atoms with Crippen LogP contribution < -0.4 is 24.8 Å². The van der Waals surface area contributed by atoms with Gasteiger partial charge in [0.2, 0.25) is 11.9 Å². The fourth-order valence-corrected chi connectivity index (χ4v) is 11.4. The number of anilines is 1. The number of Topliss-reactive ketones (excluding diaryl/α,β-unsaturated/α-hetero) is 1. The van der Waals surface area contributed by atoms with Gasteiger partial charge in [0.1, 0.15) is 35.8 Å². The number of fused-ring (bicyclic) bond motifs is 4. The van der Waals surface area contributed by atoms with E-state index >= 15 is 4.79 Å². The number of ketones is 1. The number of carbonyl (C=O) groups is 2. The van der Waals surface area contributed by atoms with Crippen LogP contribution in [-0.4, -0.2) is 123 Å². The third-order valence-corrected chi connectivity index (χ3v) is 14.6. The van der Waals surface area contributed by atoms with Gasteiger partial charge in [0.15, 0.2) is 17.0 Å². The molecule has 2 saturated heterocycles. The van der Waals surface area contributed by atoms with E-state index in [2.05, 4.69) is 100 Å². The van der Waals surface area contributed by atoms with Crippen molar-refractivity contribution in [1.82, 2.24) is 29.9 Å². The summed E-state index contributed by atoms with van der Waals surface area (Å²) in [6.45, 7) is 21.5. The molecule has 63 heavy (non-hydrogen) atoms. The van der Waals surface area contributed by atoms with Gasteiger partial charge in [-0.3, -0.25) is 14.5 Å². The lowest BCUT2D eigenvalue weighted by molar-refractivity contribution is -0.181. The number of rotatable bonds is 14. The molecule has 1 amide bonds.